The van der Waals surface area contributed by atoms with Crippen LogP contribution in [0.2, 0.25) is 0 Å². The highest BCUT2D eigenvalue weighted by atomic mass is 32.2. The van der Waals surface area contributed by atoms with Gasteiger partial charge in [-0.15, -0.1) is 23.5 Å². The molecule has 5 heteroatoms. The summed E-state index contributed by atoms with van der Waals surface area (Å²) >= 11 is 3.57. The third-order valence-electron chi connectivity index (χ3n) is 3.64. The molecular formula is C17H17N3S2. The first kappa shape index (κ1) is 15.3. The van der Waals surface area contributed by atoms with Gasteiger partial charge in [0.15, 0.2) is 0 Å². The molecule has 0 N–H and O–H groups in total. The Hall–Kier alpha value is -1.64. The SMILES string of the molecule is CC(C)c1ccccc1C1CSC(=C(C#N)n2ccnc2)S1. The van der Waals surface area contributed by atoms with Crippen LogP contribution in [0.4, 0.5) is 0 Å². The molecule has 0 radical (unpaired) electrons. The molecule has 0 amide bonds. The predicted octanol–water partition coefficient (Wildman–Crippen LogP) is 4.88. The van der Waals surface area contributed by atoms with Gasteiger partial charge in [0.25, 0.3) is 0 Å². The van der Waals surface area contributed by atoms with E-state index in [1.54, 1.807) is 40.6 Å². The van der Waals surface area contributed by atoms with Crippen LogP contribution >= 0.6 is 23.5 Å². The standard InChI is InChI=1S/C17H17N3S2/c1-12(2)13-5-3-4-6-14(13)16-10-21-17(22-16)15(9-18)20-8-7-19-11-20/h3-8,11-12,16H,10H2,1-2H3. The van der Waals surface area contributed by atoms with Crippen molar-refractivity contribution in [3.63, 3.8) is 0 Å². The summed E-state index contributed by atoms with van der Waals surface area (Å²) in [6.45, 7) is 4.46. The molecule has 0 aliphatic carbocycles. The Labute approximate surface area is 139 Å². The van der Waals surface area contributed by atoms with E-state index in [0.29, 0.717) is 16.9 Å². The number of nitriles is 1. The van der Waals surface area contributed by atoms with Crippen molar-refractivity contribution in [1.29, 1.82) is 5.26 Å². The van der Waals surface area contributed by atoms with Crippen molar-refractivity contribution in [1.82, 2.24) is 9.55 Å². The van der Waals surface area contributed by atoms with Crippen LogP contribution in [0.3, 0.4) is 0 Å². The third-order valence-corrected chi connectivity index (χ3v) is 6.56. The van der Waals surface area contributed by atoms with Crippen molar-refractivity contribution < 1.29 is 0 Å². The molecule has 0 bridgehead atoms. The van der Waals surface area contributed by atoms with Gasteiger partial charge in [-0.25, -0.2) is 4.98 Å². The number of aromatic nitrogens is 2. The van der Waals surface area contributed by atoms with Gasteiger partial charge >= 0.3 is 0 Å². The summed E-state index contributed by atoms with van der Waals surface area (Å²) in [7, 11) is 0. The second-order valence-corrected chi connectivity index (χ2v) is 7.92. The van der Waals surface area contributed by atoms with Gasteiger partial charge < -0.3 is 0 Å². The van der Waals surface area contributed by atoms with Gasteiger partial charge in [0.1, 0.15) is 11.8 Å². The summed E-state index contributed by atoms with van der Waals surface area (Å²) in [5.41, 5.74) is 3.48. The smallest absolute Gasteiger partial charge is 0.145 e. The summed E-state index contributed by atoms with van der Waals surface area (Å²) in [5.74, 6) is 1.52. The average molecular weight is 327 g/mol. The van der Waals surface area contributed by atoms with Gasteiger partial charge in [0.05, 0.1) is 10.6 Å². The zero-order valence-electron chi connectivity index (χ0n) is 12.6. The topological polar surface area (TPSA) is 41.6 Å². The molecule has 2 aromatic rings. The maximum absolute atomic E-state index is 9.47. The Morgan fingerprint density at radius 2 is 2.23 bits per heavy atom. The summed E-state index contributed by atoms with van der Waals surface area (Å²) in [4.78, 5) is 4.04. The molecule has 1 aromatic carbocycles. The number of hydrogen-bond acceptors (Lipinski definition) is 4. The lowest BCUT2D eigenvalue weighted by Crippen LogP contribution is -2.00. The molecule has 1 unspecified atom stereocenters. The van der Waals surface area contributed by atoms with E-state index in [2.05, 4.69) is 49.2 Å². The van der Waals surface area contributed by atoms with E-state index in [0.717, 1.165) is 9.99 Å². The maximum atomic E-state index is 9.47. The van der Waals surface area contributed by atoms with Crippen LogP contribution < -0.4 is 0 Å². The van der Waals surface area contributed by atoms with Crippen molar-refractivity contribution in [3.05, 3.63) is 58.4 Å². The van der Waals surface area contributed by atoms with E-state index in [9.17, 15) is 5.26 Å². The molecule has 1 aromatic heterocycles. The minimum Gasteiger partial charge on any atom is -0.296 e. The Bertz CT molecular complexity index is 727. The lowest BCUT2D eigenvalue weighted by molar-refractivity contribution is 0.843. The molecule has 3 rings (SSSR count). The number of nitrogens with zero attached hydrogens (tertiary/aromatic N) is 3. The minimum atomic E-state index is 0.408. The van der Waals surface area contributed by atoms with Gasteiger partial charge in [0, 0.05) is 23.4 Å². The van der Waals surface area contributed by atoms with Crippen LogP contribution in [-0.2, 0) is 0 Å². The van der Waals surface area contributed by atoms with Crippen LogP contribution in [-0.4, -0.2) is 15.3 Å². The maximum Gasteiger partial charge on any atom is 0.145 e. The van der Waals surface area contributed by atoms with Crippen molar-refractivity contribution >= 4 is 29.2 Å². The van der Waals surface area contributed by atoms with Crippen LogP contribution in [0.15, 0.2) is 47.2 Å². The first-order valence-corrected chi connectivity index (χ1v) is 9.08. The number of imidazole rings is 1. The molecular weight excluding hydrogens is 310 g/mol. The zero-order valence-corrected chi connectivity index (χ0v) is 14.2. The monoisotopic (exact) mass is 327 g/mol. The first-order chi connectivity index (χ1) is 10.7. The van der Waals surface area contributed by atoms with E-state index >= 15 is 0 Å². The van der Waals surface area contributed by atoms with Crippen molar-refractivity contribution in [2.45, 2.75) is 25.0 Å². The number of rotatable bonds is 3. The molecule has 0 saturated carbocycles. The number of benzene rings is 1. The summed E-state index contributed by atoms with van der Waals surface area (Å²) < 4.78 is 2.88. The highest BCUT2D eigenvalue weighted by Crippen LogP contribution is 2.53. The average Bonchev–Trinajstić information content (AvgIpc) is 3.20. The van der Waals surface area contributed by atoms with Crippen LogP contribution in [0.1, 0.15) is 36.1 Å². The van der Waals surface area contributed by atoms with Crippen molar-refractivity contribution in [2.75, 3.05) is 5.75 Å². The lowest BCUT2D eigenvalue weighted by atomic mass is 9.96. The highest BCUT2D eigenvalue weighted by molar-refractivity contribution is 8.25. The van der Waals surface area contributed by atoms with E-state index in [4.69, 9.17) is 0 Å². The Morgan fingerprint density at radius 3 is 2.91 bits per heavy atom. The molecule has 3 nitrogen and oxygen atoms in total. The minimum absolute atomic E-state index is 0.408. The molecule has 22 heavy (non-hydrogen) atoms. The summed E-state index contributed by atoms with van der Waals surface area (Å²) in [6, 6.07) is 11.0. The number of thioether (sulfide) groups is 2. The number of allylic oxidation sites excluding steroid dienone is 1. The molecule has 2 heterocycles. The summed E-state index contributed by atoms with van der Waals surface area (Å²) in [5, 5.41) is 9.88. The van der Waals surface area contributed by atoms with Gasteiger partial charge in [-0.2, -0.15) is 5.26 Å². The Kier molecular flexibility index (Phi) is 4.60. The molecule has 0 spiro atoms. The van der Waals surface area contributed by atoms with Gasteiger partial charge in [-0.1, -0.05) is 38.1 Å². The van der Waals surface area contributed by atoms with Crippen LogP contribution in [0.25, 0.3) is 5.70 Å². The fourth-order valence-corrected chi connectivity index (χ4v) is 5.49. The van der Waals surface area contributed by atoms with Crippen LogP contribution in [0, 0.1) is 11.3 Å². The van der Waals surface area contributed by atoms with Gasteiger partial charge in [-0.3, -0.25) is 4.57 Å². The van der Waals surface area contributed by atoms with Gasteiger partial charge in [0.2, 0.25) is 0 Å². The molecule has 1 aliphatic heterocycles. The van der Waals surface area contributed by atoms with E-state index in [1.165, 1.54) is 11.1 Å². The third kappa shape index (κ3) is 2.94. The Morgan fingerprint density at radius 1 is 1.41 bits per heavy atom. The predicted molar refractivity (Wildman–Crippen MR) is 94.4 cm³/mol. The highest BCUT2D eigenvalue weighted by Gasteiger charge is 2.28. The molecule has 1 saturated heterocycles. The quantitative estimate of drug-likeness (QED) is 0.754. The first-order valence-electron chi connectivity index (χ1n) is 7.21. The fraction of sp³-hybridized carbons (Fsp3) is 0.294. The Balaban J connectivity index is 1.91. The van der Waals surface area contributed by atoms with E-state index < -0.39 is 0 Å². The summed E-state index contributed by atoms with van der Waals surface area (Å²) in [6.07, 6.45) is 5.21. The van der Waals surface area contributed by atoms with Gasteiger partial charge in [-0.05, 0) is 17.0 Å². The fourth-order valence-electron chi connectivity index (χ4n) is 2.56. The van der Waals surface area contributed by atoms with Crippen molar-refractivity contribution in [2.24, 2.45) is 0 Å². The zero-order chi connectivity index (χ0) is 15.5. The second-order valence-electron chi connectivity index (χ2n) is 5.42. The second kappa shape index (κ2) is 6.64. The largest absolute Gasteiger partial charge is 0.296 e. The molecule has 1 aliphatic rings. The molecule has 1 atom stereocenters. The van der Waals surface area contributed by atoms with E-state index in [-0.39, 0.29) is 0 Å². The number of hydrogen-bond donors (Lipinski definition) is 0. The normalized spacial score (nSPS) is 20.2. The lowest BCUT2D eigenvalue weighted by Gasteiger charge is -2.16. The molecule has 112 valence electrons. The van der Waals surface area contributed by atoms with E-state index in [1.807, 2.05) is 6.20 Å². The van der Waals surface area contributed by atoms with Crippen molar-refractivity contribution in [3.8, 4) is 6.07 Å². The van der Waals surface area contributed by atoms with Crippen LogP contribution in [0.5, 0.6) is 0 Å². The molecule has 1 fully saturated rings.